The number of hydrogen-bond donors (Lipinski definition) is 1. The number of nitrogens with zero attached hydrogens (tertiary/aromatic N) is 4. The van der Waals surface area contributed by atoms with Crippen molar-refractivity contribution in [2.24, 2.45) is 0 Å². The molecule has 2 aliphatic rings. The Morgan fingerprint density at radius 1 is 1.13 bits per heavy atom. The summed E-state index contributed by atoms with van der Waals surface area (Å²) in [4.78, 5) is 22.8. The van der Waals surface area contributed by atoms with Crippen LogP contribution in [-0.4, -0.2) is 59.2 Å². The molecule has 0 unspecified atom stereocenters. The Labute approximate surface area is 171 Å². The normalized spacial score (nSPS) is 17.2. The summed E-state index contributed by atoms with van der Waals surface area (Å²) in [5.74, 6) is -0.622. The van der Waals surface area contributed by atoms with Crippen molar-refractivity contribution in [2.45, 2.75) is 32.0 Å². The zero-order valence-corrected chi connectivity index (χ0v) is 16.4. The quantitative estimate of drug-likeness (QED) is 0.765. The van der Waals surface area contributed by atoms with Crippen molar-refractivity contribution in [3.63, 3.8) is 0 Å². The third-order valence-electron chi connectivity index (χ3n) is 5.19. The van der Waals surface area contributed by atoms with Gasteiger partial charge in [-0.2, -0.15) is 13.2 Å². The van der Waals surface area contributed by atoms with Gasteiger partial charge in [-0.05, 0) is 25.8 Å². The van der Waals surface area contributed by atoms with E-state index in [1.54, 1.807) is 25.4 Å². The van der Waals surface area contributed by atoms with Crippen molar-refractivity contribution in [1.82, 2.24) is 14.9 Å². The lowest BCUT2D eigenvalue weighted by atomic mass is 10.0. The smallest absolute Gasteiger partial charge is 0.471 e. The van der Waals surface area contributed by atoms with E-state index < -0.39 is 12.1 Å². The topological polar surface area (TPSA) is 84.6 Å². The maximum Gasteiger partial charge on any atom is 0.471 e. The molecule has 0 atom stereocenters. The molecule has 1 aliphatic heterocycles. The third kappa shape index (κ3) is 4.27. The lowest BCUT2D eigenvalue weighted by Crippen LogP contribution is -2.52. The average molecular weight is 421 g/mol. The van der Waals surface area contributed by atoms with E-state index in [2.05, 4.69) is 9.97 Å². The van der Waals surface area contributed by atoms with Gasteiger partial charge in [0.25, 0.3) is 0 Å². The van der Waals surface area contributed by atoms with Crippen LogP contribution in [0.2, 0.25) is 0 Å². The summed E-state index contributed by atoms with van der Waals surface area (Å²) in [6.45, 7) is 2.25. The fourth-order valence-corrected chi connectivity index (χ4v) is 3.41. The van der Waals surface area contributed by atoms with Gasteiger partial charge in [0.15, 0.2) is 0 Å². The number of carbonyl (C=O) groups is 1. The van der Waals surface area contributed by atoms with E-state index >= 15 is 0 Å². The Morgan fingerprint density at radius 3 is 2.33 bits per heavy atom. The summed E-state index contributed by atoms with van der Waals surface area (Å²) < 4.78 is 44.1. The minimum absolute atomic E-state index is 0.0224. The Hall–Kier alpha value is -3.04. The van der Waals surface area contributed by atoms with Gasteiger partial charge in [-0.1, -0.05) is 0 Å². The van der Waals surface area contributed by atoms with Gasteiger partial charge >= 0.3 is 12.1 Å². The molecule has 1 amide bonds. The molecule has 0 bridgehead atoms. The van der Waals surface area contributed by atoms with Gasteiger partial charge < -0.3 is 20.3 Å². The molecule has 0 spiro atoms. The first-order valence-electron chi connectivity index (χ1n) is 9.72. The molecule has 2 fully saturated rings. The molecule has 160 valence electrons. The van der Waals surface area contributed by atoms with E-state index in [0.717, 1.165) is 34.6 Å². The fourth-order valence-electron chi connectivity index (χ4n) is 3.41. The lowest BCUT2D eigenvalue weighted by Gasteiger charge is -2.37. The van der Waals surface area contributed by atoms with Crippen molar-refractivity contribution in [3.05, 3.63) is 30.4 Å². The van der Waals surface area contributed by atoms with E-state index in [0.29, 0.717) is 17.3 Å². The minimum Gasteiger partial charge on any atom is -0.488 e. The molecule has 1 saturated heterocycles. The van der Waals surface area contributed by atoms with Crippen LogP contribution in [0.3, 0.4) is 0 Å². The lowest BCUT2D eigenvalue weighted by molar-refractivity contribution is -0.185. The van der Waals surface area contributed by atoms with E-state index in [-0.39, 0.29) is 32.3 Å². The zero-order chi connectivity index (χ0) is 21.5. The highest BCUT2D eigenvalue weighted by Crippen LogP contribution is 2.40. The molecular formula is C20H22F3N5O2. The van der Waals surface area contributed by atoms with Crippen LogP contribution in [0.1, 0.15) is 18.7 Å². The number of rotatable bonds is 4. The number of anilines is 2. The number of benzene rings is 1. The van der Waals surface area contributed by atoms with Gasteiger partial charge in [0, 0.05) is 61.5 Å². The summed E-state index contributed by atoms with van der Waals surface area (Å²) in [6.07, 6.45) is 0.604. The maximum absolute atomic E-state index is 12.7. The number of amides is 1. The third-order valence-corrected chi connectivity index (χ3v) is 5.19. The number of nitrogens with two attached hydrogens (primary N) is 1. The number of nitrogen functional groups attached to an aromatic ring is 1. The Balaban J connectivity index is 1.63. The number of aryl methyl sites for hydroxylation is 1. The molecule has 0 radical (unpaired) electrons. The standard InChI is InChI=1S/C20H22F3N5O2/c1-12-25-10-13(11-26-12)15-8-16(24)18(30-14-2-3-14)9-17(15)27-4-6-28(7-5-27)19(29)20(21,22)23/h8-11,14H,2-7,24H2,1H3. The first-order valence-corrected chi connectivity index (χ1v) is 9.72. The molecule has 10 heteroatoms. The van der Waals surface area contributed by atoms with Crippen molar-refractivity contribution < 1.29 is 22.7 Å². The van der Waals surface area contributed by atoms with Crippen LogP contribution in [0.4, 0.5) is 24.5 Å². The Bertz CT molecular complexity index is 937. The summed E-state index contributed by atoms with van der Waals surface area (Å²) in [5, 5.41) is 0. The highest BCUT2D eigenvalue weighted by molar-refractivity contribution is 5.85. The highest BCUT2D eigenvalue weighted by Gasteiger charge is 2.43. The first kappa shape index (κ1) is 20.2. The summed E-state index contributed by atoms with van der Waals surface area (Å²) >= 11 is 0. The van der Waals surface area contributed by atoms with Gasteiger partial charge in [0.1, 0.15) is 11.6 Å². The first-order chi connectivity index (χ1) is 14.2. The van der Waals surface area contributed by atoms with Crippen LogP contribution < -0.4 is 15.4 Å². The summed E-state index contributed by atoms with van der Waals surface area (Å²) in [7, 11) is 0. The molecular weight excluding hydrogens is 399 g/mol. The number of halogens is 3. The maximum atomic E-state index is 12.7. The van der Waals surface area contributed by atoms with E-state index in [9.17, 15) is 18.0 Å². The van der Waals surface area contributed by atoms with Crippen LogP contribution in [0.15, 0.2) is 24.5 Å². The van der Waals surface area contributed by atoms with E-state index in [1.165, 1.54) is 0 Å². The van der Waals surface area contributed by atoms with Crippen LogP contribution in [0.5, 0.6) is 5.75 Å². The number of ether oxygens (including phenoxy) is 1. The largest absolute Gasteiger partial charge is 0.488 e. The monoisotopic (exact) mass is 421 g/mol. The highest BCUT2D eigenvalue weighted by atomic mass is 19.4. The van der Waals surface area contributed by atoms with Gasteiger partial charge in [-0.25, -0.2) is 9.97 Å². The average Bonchev–Trinajstić information content (AvgIpc) is 3.53. The molecule has 7 nitrogen and oxygen atoms in total. The van der Waals surface area contributed by atoms with Crippen molar-refractivity contribution in [2.75, 3.05) is 36.8 Å². The molecule has 4 rings (SSSR count). The van der Waals surface area contributed by atoms with Crippen molar-refractivity contribution in [1.29, 1.82) is 0 Å². The molecule has 2 aromatic rings. The number of hydrogen-bond acceptors (Lipinski definition) is 6. The predicted molar refractivity (Wildman–Crippen MR) is 105 cm³/mol. The molecule has 2 heterocycles. The molecule has 30 heavy (non-hydrogen) atoms. The number of alkyl halides is 3. The summed E-state index contributed by atoms with van der Waals surface area (Å²) in [6, 6.07) is 3.61. The van der Waals surface area contributed by atoms with Gasteiger partial charge in [0.05, 0.1) is 11.8 Å². The second kappa shape index (κ2) is 7.66. The van der Waals surface area contributed by atoms with E-state index in [1.807, 2.05) is 11.0 Å². The molecule has 1 aromatic carbocycles. The van der Waals surface area contributed by atoms with Crippen LogP contribution in [-0.2, 0) is 4.79 Å². The van der Waals surface area contributed by atoms with Crippen LogP contribution in [0, 0.1) is 6.92 Å². The number of aromatic nitrogens is 2. The van der Waals surface area contributed by atoms with Crippen LogP contribution in [0.25, 0.3) is 11.1 Å². The van der Waals surface area contributed by atoms with Crippen molar-refractivity contribution in [3.8, 4) is 16.9 Å². The van der Waals surface area contributed by atoms with Gasteiger partial charge in [-0.15, -0.1) is 0 Å². The second-order valence-corrected chi connectivity index (χ2v) is 7.52. The second-order valence-electron chi connectivity index (χ2n) is 7.52. The predicted octanol–water partition coefficient (Wildman–Crippen LogP) is 2.79. The van der Waals surface area contributed by atoms with Crippen molar-refractivity contribution >= 4 is 17.3 Å². The number of carbonyl (C=O) groups excluding carboxylic acids is 1. The molecule has 1 aliphatic carbocycles. The molecule has 2 N–H and O–H groups in total. The van der Waals surface area contributed by atoms with Gasteiger partial charge in [0.2, 0.25) is 0 Å². The number of piperazine rings is 1. The van der Waals surface area contributed by atoms with Crippen LogP contribution >= 0.6 is 0 Å². The Morgan fingerprint density at radius 2 is 1.77 bits per heavy atom. The summed E-state index contributed by atoms with van der Waals surface area (Å²) in [5.41, 5.74) is 8.97. The van der Waals surface area contributed by atoms with E-state index in [4.69, 9.17) is 10.5 Å². The Kier molecular flexibility index (Phi) is 5.17. The molecule has 1 saturated carbocycles. The minimum atomic E-state index is -4.86. The fraction of sp³-hybridized carbons (Fsp3) is 0.450. The zero-order valence-electron chi connectivity index (χ0n) is 16.4. The molecule has 1 aromatic heterocycles. The van der Waals surface area contributed by atoms with Gasteiger partial charge in [-0.3, -0.25) is 4.79 Å². The SMILES string of the molecule is Cc1ncc(-c2cc(N)c(OC3CC3)cc2N2CCN(C(=O)C(F)(F)F)CC2)cn1.